The Bertz CT molecular complexity index is 955. The lowest BCUT2D eigenvalue weighted by molar-refractivity contribution is 0.0980. The van der Waals surface area contributed by atoms with Gasteiger partial charge in [0.1, 0.15) is 0 Å². The number of benzene rings is 2. The van der Waals surface area contributed by atoms with Gasteiger partial charge in [0.05, 0.1) is 11.1 Å². The third-order valence-corrected chi connectivity index (χ3v) is 7.46. The molecule has 6 nitrogen and oxygen atoms in total. The van der Waals surface area contributed by atoms with E-state index in [4.69, 9.17) is 0 Å². The van der Waals surface area contributed by atoms with Gasteiger partial charge in [-0.25, -0.2) is 0 Å². The Kier molecular flexibility index (Phi) is 7.26. The van der Waals surface area contributed by atoms with E-state index in [-0.39, 0.29) is 11.6 Å². The van der Waals surface area contributed by atoms with Crippen LogP contribution in [0.2, 0.25) is 0 Å². The lowest BCUT2D eigenvalue weighted by atomic mass is 9.82. The molecule has 6 heteroatoms. The molecule has 0 saturated carbocycles. The molecule has 34 heavy (non-hydrogen) atoms. The molecule has 0 amide bonds. The van der Waals surface area contributed by atoms with Crippen molar-refractivity contribution in [2.24, 2.45) is 0 Å². The summed E-state index contributed by atoms with van der Waals surface area (Å²) >= 11 is 0. The first kappa shape index (κ1) is 23.1. The van der Waals surface area contributed by atoms with Crippen LogP contribution in [0.5, 0.6) is 0 Å². The molecule has 2 heterocycles. The van der Waals surface area contributed by atoms with Crippen LogP contribution in [0.15, 0.2) is 36.4 Å². The summed E-state index contributed by atoms with van der Waals surface area (Å²) in [5.74, 6) is -0.129. The second kappa shape index (κ2) is 10.7. The minimum atomic E-state index is -0.0645. The molecule has 0 aromatic heterocycles. The van der Waals surface area contributed by atoms with Crippen molar-refractivity contribution in [2.75, 3.05) is 63.0 Å². The maximum Gasteiger partial charge on any atom is 0.196 e. The van der Waals surface area contributed by atoms with Gasteiger partial charge in [0.25, 0.3) is 0 Å². The fourth-order valence-electron chi connectivity index (χ4n) is 5.60. The number of likely N-dealkylation sites (tertiary alicyclic amines) is 2. The van der Waals surface area contributed by atoms with Crippen molar-refractivity contribution in [3.05, 3.63) is 58.7 Å². The lowest BCUT2D eigenvalue weighted by Gasteiger charge is -2.28. The number of ketones is 2. The molecule has 2 N–H and O–H groups in total. The van der Waals surface area contributed by atoms with E-state index in [9.17, 15) is 9.59 Å². The smallest absolute Gasteiger partial charge is 0.196 e. The largest absolute Gasteiger partial charge is 0.383 e. The monoisotopic (exact) mass is 460 g/mol. The summed E-state index contributed by atoms with van der Waals surface area (Å²) < 4.78 is 0. The number of carbonyl (C=O) groups excluding carboxylic acids is 2. The van der Waals surface area contributed by atoms with Gasteiger partial charge < -0.3 is 20.4 Å². The molecule has 2 saturated heterocycles. The average Bonchev–Trinajstić information content (AvgIpc) is 2.88. The van der Waals surface area contributed by atoms with E-state index < -0.39 is 0 Å². The number of nitrogens with one attached hydrogen (secondary N) is 2. The minimum Gasteiger partial charge on any atom is -0.383 e. The second-order valence-electron chi connectivity index (χ2n) is 9.77. The number of anilines is 2. The molecule has 0 atom stereocenters. The summed E-state index contributed by atoms with van der Waals surface area (Å²) in [7, 11) is 0. The maximum atomic E-state index is 13.6. The molecule has 2 aliphatic heterocycles. The predicted molar refractivity (Wildman–Crippen MR) is 137 cm³/mol. The normalized spacial score (nSPS) is 18.9. The first-order chi connectivity index (χ1) is 16.7. The van der Waals surface area contributed by atoms with Gasteiger partial charge in [0.15, 0.2) is 11.6 Å². The molecule has 2 aromatic carbocycles. The van der Waals surface area contributed by atoms with Gasteiger partial charge in [-0.15, -0.1) is 0 Å². The number of carbonyl (C=O) groups is 2. The minimum absolute atomic E-state index is 0.0645. The van der Waals surface area contributed by atoms with Crippen molar-refractivity contribution in [1.29, 1.82) is 0 Å². The zero-order valence-corrected chi connectivity index (χ0v) is 20.1. The van der Waals surface area contributed by atoms with Crippen molar-refractivity contribution in [1.82, 2.24) is 9.80 Å². The average molecular weight is 461 g/mol. The molecule has 0 unspecified atom stereocenters. The van der Waals surface area contributed by atoms with Crippen LogP contribution in [0, 0.1) is 0 Å². The van der Waals surface area contributed by atoms with Crippen LogP contribution in [0.1, 0.15) is 70.4 Å². The van der Waals surface area contributed by atoms with Crippen LogP contribution in [-0.2, 0) is 0 Å². The Morgan fingerprint density at radius 2 is 1.00 bits per heavy atom. The molecular formula is C28H36N4O2. The van der Waals surface area contributed by atoms with E-state index in [1.165, 1.54) is 38.5 Å². The van der Waals surface area contributed by atoms with Gasteiger partial charge in [-0.1, -0.05) is 37.1 Å². The topological polar surface area (TPSA) is 64.7 Å². The number of rotatable bonds is 8. The summed E-state index contributed by atoms with van der Waals surface area (Å²) in [5.41, 5.74) is 3.58. The fraction of sp³-hybridized carbons (Fsp3) is 0.500. The molecule has 2 fully saturated rings. The maximum absolute atomic E-state index is 13.6. The highest BCUT2D eigenvalue weighted by Crippen LogP contribution is 2.35. The summed E-state index contributed by atoms with van der Waals surface area (Å²) in [4.78, 5) is 32.1. The zero-order chi connectivity index (χ0) is 23.3. The standard InChI is InChI=1S/C28H36N4O2/c33-27-22-10-8-12-24(30-14-20-32-17-5-2-6-18-32)26(22)28(34)21-9-7-11-23(25(21)27)29-13-19-31-15-3-1-4-16-31/h7-12,29-30H,1-6,13-20H2. The SMILES string of the molecule is O=C1c2cccc(NCCN3CCCCC3)c2C(=O)c2cccc(NCCN3CCCCC3)c21. The lowest BCUT2D eigenvalue weighted by Crippen LogP contribution is -2.34. The summed E-state index contributed by atoms with van der Waals surface area (Å²) in [5, 5.41) is 6.90. The highest BCUT2D eigenvalue weighted by atomic mass is 16.1. The van der Waals surface area contributed by atoms with E-state index in [2.05, 4.69) is 20.4 Å². The Morgan fingerprint density at radius 1 is 0.588 bits per heavy atom. The number of hydrogen-bond donors (Lipinski definition) is 2. The van der Waals surface area contributed by atoms with Gasteiger partial charge in [-0.3, -0.25) is 9.59 Å². The molecule has 0 radical (unpaired) electrons. The van der Waals surface area contributed by atoms with Crippen molar-refractivity contribution in [3.63, 3.8) is 0 Å². The highest BCUT2D eigenvalue weighted by molar-refractivity contribution is 6.31. The van der Waals surface area contributed by atoms with Gasteiger partial charge in [0, 0.05) is 48.7 Å². The van der Waals surface area contributed by atoms with E-state index >= 15 is 0 Å². The first-order valence-corrected chi connectivity index (χ1v) is 13.0. The Morgan fingerprint density at radius 3 is 1.41 bits per heavy atom. The second-order valence-corrected chi connectivity index (χ2v) is 9.77. The third-order valence-electron chi connectivity index (χ3n) is 7.46. The summed E-state index contributed by atoms with van der Waals surface area (Å²) in [6.07, 6.45) is 7.69. The van der Waals surface area contributed by atoms with Gasteiger partial charge in [0.2, 0.25) is 0 Å². The van der Waals surface area contributed by atoms with E-state index in [0.717, 1.165) is 63.7 Å². The van der Waals surface area contributed by atoms with Gasteiger partial charge >= 0.3 is 0 Å². The van der Waals surface area contributed by atoms with E-state index in [0.29, 0.717) is 22.3 Å². The van der Waals surface area contributed by atoms with Crippen LogP contribution >= 0.6 is 0 Å². The Hall–Kier alpha value is -2.70. The summed E-state index contributed by atoms with van der Waals surface area (Å²) in [6, 6.07) is 11.2. The van der Waals surface area contributed by atoms with Crippen LogP contribution in [-0.4, -0.2) is 73.7 Å². The Balaban J connectivity index is 1.31. The van der Waals surface area contributed by atoms with Gasteiger partial charge in [-0.2, -0.15) is 0 Å². The third kappa shape index (κ3) is 4.89. The van der Waals surface area contributed by atoms with Crippen LogP contribution in [0.3, 0.4) is 0 Å². The summed E-state index contributed by atoms with van der Waals surface area (Å²) in [6.45, 7) is 8.02. The fourth-order valence-corrected chi connectivity index (χ4v) is 5.60. The van der Waals surface area contributed by atoms with E-state index in [1.807, 2.05) is 24.3 Å². The van der Waals surface area contributed by atoms with Crippen LogP contribution in [0.25, 0.3) is 0 Å². The van der Waals surface area contributed by atoms with Crippen LogP contribution in [0.4, 0.5) is 11.4 Å². The predicted octanol–water partition coefficient (Wildman–Crippen LogP) is 4.26. The van der Waals surface area contributed by atoms with Crippen molar-refractivity contribution < 1.29 is 9.59 Å². The van der Waals surface area contributed by atoms with Crippen molar-refractivity contribution in [3.8, 4) is 0 Å². The molecule has 0 bridgehead atoms. The highest BCUT2D eigenvalue weighted by Gasteiger charge is 2.33. The quantitative estimate of drug-likeness (QED) is 0.524. The molecular weight excluding hydrogens is 424 g/mol. The zero-order valence-electron chi connectivity index (χ0n) is 20.1. The van der Waals surface area contributed by atoms with E-state index in [1.54, 1.807) is 12.1 Å². The number of piperidine rings is 2. The molecule has 5 rings (SSSR count). The number of nitrogens with zero attached hydrogens (tertiary/aromatic N) is 2. The molecule has 0 spiro atoms. The molecule has 3 aliphatic rings. The first-order valence-electron chi connectivity index (χ1n) is 13.0. The van der Waals surface area contributed by atoms with Crippen molar-refractivity contribution in [2.45, 2.75) is 38.5 Å². The number of fused-ring (bicyclic) bond motifs is 2. The van der Waals surface area contributed by atoms with Crippen LogP contribution < -0.4 is 10.6 Å². The van der Waals surface area contributed by atoms with Gasteiger partial charge in [-0.05, 0) is 64.0 Å². The Labute approximate surface area is 202 Å². The molecule has 180 valence electrons. The number of hydrogen-bond acceptors (Lipinski definition) is 6. The molecule has 2 aromatic rings. The molecule has 1 aliphatic carbocycles. The van der Waals surface area contributed by atoms with Crippen molar-refractivity contribution >= 4 is 22.9 Å².